The molecule has 0 spiro atoms. The summed E-state index contributed by atoms with van der Waals surface area (Å²) in [6, 6.07) is 7.50. The van der Waals surface area contributed by atoms with Crippen molar-refractivity contribution in [1.29, 1.82) is 0 Å². The molecule has 0 radical (unpaired) electrons. The van der Waals surface area contributed by atoms with E-state index in [1.54, 1.807) is 0 Å². The van der Waals surface area contributed by atoms with Gasteiger partial charge >= 0.3 is 0 Å². The van der Waals surface area contributed by atoms with E-state index in [2.05, 4.69) is 11.8 Å². The van der Waals surface area contributed by atoms with Gasteiger partial charge in [-0.25, -0.2) is 5.21 Å². The lowest BCUT2D eigenvalue weighted by atomic mass is 10.3. The van der Waals surface area contributed by atoms with Gasteiger partial charge in [0.2, 0.25) is 0 Å². The molecule has 0 aromatic heterocycles. The maximum Gasteiger partial charge on any atom is 0.161 e. The first-order chi connectivity index (χ1) is 8.81. The van der Waals surface area contributed by atoms with Crippen LogP contribution in [0.25, 0.3) is 0 Å². The summed E-state index contributed by atoms with van der Waals surface area (Å²) in [5.74, 6) is 0.883. The van der Waals surface area contributed by atoms with Gasteiger partial charge in [0.25, 0.3) is 0 Å². The number of hydrogen-bond donors (Lipinski definition) is 2. The van der Waals surface area contributed by atoms with Gasteiger partial charge in [-0.1, -0.05) is 20.8 Å². The Morgan fingerprint density at radius 1 is 1.33 bits per heavy atom. The zero-order valence-electron chi connectivity index (χ0n) is 11.6. The number of nitrogens with zero attached hydrogens (tertiary/aromatic N) is 1. The molecule has 2 rings (SSSR count). The smallest absolute Gasteiger partial charge is 0.161 e. The monoisotopic (exact) mass is 253 g/mol. The van der Waals surface area contributed by atoms with Gasteiger partial charge in [-0.15, -0.1) is 0 Å². The second kappa shape index (κ2) is 8.08. The minimum atomic E-state index is 0.309. The average Bonchev–Trinajstić information content (AvgIpc) is 2.89. The van der Waals surface area contributed by atoms with E-state index < -0.39 is 0 Å². The van der Waals surface area contributed by atoms with Gasteiger partial charge in [0.15, 0.2) is 5.69 Å². The van der Waals surface area contributed by atoms with E-state index in [1.807, 2.05) is 38.1 Å². The van der Waals surface area contributed by atoms with E-state index in [1.165, 1.54) is 0 Å². The summed E-state index contributed by atoms with van der Waals surface area (Å²) in [7, 11) is 0. The molecule has 1 unspecified atom stereocenters. The van der Waals surface area contributed by atoms with E-state index in [-0.39, 0.29) is 0 Å². The molecule has 0 aliphatic carbocycles. The van der Waals surface area contributed by atoms with E-state index in [4.69, 9.17) is 9.94 Å². The molecule has 0 amide bonds. The molecule has 1 aromatic carbocycles. The fourth-order valence-electron chi connectivity index (χ4n) is 2.01. The highest BCUT2D eigenvalue weighted by molar-refractivity contribution is 5.35. The van der Waals surface area contributed by atoms with Crippen molar-refractivity contribution in [2.24, 2.45) is 0 Å². The largest absolute Gasteiger partial charge is 0.489 e. The van der Waals surface area contributed by atoms with E-state index in [0.29, 0.717) is 6.10 Å². The number of ether oxygens (including phenoxy) is 1. The highest BCUT2D eigenvalue weighted by Crippen LogP contribution is 2.19. The third-order valence-corrected chi connectivity index (χ3v) is 3.01. The van der Waals surface area contributed by atoms with Crippen LogP contribution in [0.4, 0.5) is 5.69 Å². The second-order valence-electron chi connectivity index (χ2n) is 4.12. The Kier molecular flexibility index (Phi) is 6.72. The number of likely N-dealkylation sites (N-methyl/N-ethyl adjacent to an activating group) is 1. The number of likely N-dealkylation sites (tertiary alicyclic amines) is 1. The van der Waals surface area contributed by atoms with Crippen molar-refractivity contribution in [3.05, 3.63) is 24.3 Å². The van der Waals surface area contributed by atoms with Gasteiger partial charge in [-0.3, -0.25) is 4.90 Å². The quantitative estimate of drug-likeness (QED) is 0.635. The Bertz CT molecular complexity index is 327. The van der Waals surface area contributed by atoms with Gasteiger partial charge in [0.05, 0.1) is 0 Å². The van der Waals surface area contributed by atoms with E-state index in [0.717, 1.165) is 43.0 Å². The van der Waals surface area contributed by atoms with Crippen LogP contribution in [0.1, 0.15) is 27.2 Å². The third kappa shape index (κ3) is 4.29. The normalized spacial score (nSPS) is 19.2. The van der Waals surface area contributed by atoms with Gasteiger partial charge in [-0.05, 0) is 25.1 Å². The molecule has 1 saturated heterocycles. The first kappa shape index (κ1) is 15.0. The molecule has 4 nitrogen and oxygen atoms in total. The van der Waals surface area contributed by atoms with Gasteiger partial charge in [0, 0.05) is 25.2 Å². The molecule has 18 heavy (non-hydrogen) atoms. The van der Waals surface area contributed by atoms with Gasteiger partial charge in [0.1, 0.15) is 11.9 Å². The summed E-state index contributed by atoms with van der Waals surface area (Å²) in [4.78, 5) is 2.39. The second-order valence-corrected chi connectivity index (χ2v) is 4.12. The summed E-state index contributed by atoms with van der Waals surface area (Å²) in [5.41, 5.74) is 1.90. The fourth-order valence-corrected chi connectivity index (χ4v) is 2.01. The molecule has 4 heteroatoms. The van der Waals surface area contributed by atoms with Crippen LogP contribution in [0.5, 0.6) is 5.75 Å². The zero-order valence-corrected chi connectivity index (χ0v) is 11.6. The Labute approximate surface area is 110 Å². The van der Waals surface area contributed by atoms with Crippen LogP contribution < -0.4 is 10.2 Å². The Morgan fingerprint density at radius 2 is 2.00 bits per heavy atom. The van der Waals surface area contributed by atoms with Crippen molar-refractivity contribution in [2.75, 3.05) is 19.6 Å². The lowest BCUT2D eigenvalue weighted by molar-refractivity contribution is -0.825. The van der Waals surface area contributed by atoms with Crippen molar-refractivity contribution in [3.8, 4) is 5.75 Å². The van der Waals surface area contributed by atoms with Crippen LogP contribution >= 0.6 is 0 Å². The van der Waals surface area contributed by atoms with Crippen molar-refractivity contribution >= 4 is 5.69 Å². The molecule has 3 N–H and O–H groups in total. The number of quaternary nitrogens is 1. The third-order valence-electron chi connectivity index (χ3n) is 3.01. The highest BCUT2D eigenvalue weighted by atomic mass is 16.5. The standard InChI is InChI=1S/C12H18N2O2.C2H6/c1-2-14-8-7-12(9-14)16-11-5-3-10(13-15)4-6-11;1-2/h3-6,12-13,15H,2,7-9H2,1H3;1-2H3/p+1. The molecule has 1 atom stereocenters. The molecule has 1 aliphatic rings. The van der Waals surface area contributed by atoms with Crippen LogP contribution in [0.15, 0.2) is 24.3 Å². The van der Waals surface area contributed by atoms with Crippen LogP contribution in [0.2, 0.25) is 0 Å². The lowest BCUT2D eigenvalue weighted by Crippen LogP contribution is -2.73. The molecule has 1 heterocycles. The molecular weight excluding hydrogens is 228 g/mol. The number of benzene rings is 1. The Balaban J connectivity index is 0.000000771. The lowest BCUT2D eigenvalue weighted by Gasteiger charge is -2.15. The highest BCUT2D eigenvalue weighted by Gasteiger charge is 2.22. The molecule has 1 fully saturated rings. The number of nitrogens with two attached hydrogens (primary N) is 1. The minimum Gasteiger partial charge on any atom is -0.489 e. The van der Waals surface area contributed by atoms with Crippen molar-refractivity contribution in [2.45, 2.75) is 33.3 Å². The first-order valence-electron chi connectivity index (χ1n) is 6.78. The van der Waals surface area contributed by atoms with E-state index >= 15 is 0 Å². The average molecular weight is 253 g/mol. The zero-order chi connectivity index (χ0) is 13.4. The minimum absolute atomic E-state index is 0.309. The van der Waals surface area contributed by atoms with Gasteiger partial charge in [-0.2, -0.15) is 5.48 Å². The summed E-state index contributed by atoms with van der Waals surface area (Å²) in [6.07, 6.45) is 1.41. The maximum absolute atomic E-state index is 8.81. The molecule has 1 aromatic rings. The van der Waals surface area contributed by atoms with E-state index in [9.17, 15) is 0 Å². The molecule has 0 bridgehead atoms. The predicted molar refractivity (Wildman–Crippen MR) is 72.3 cm³/mol. The molecular formula is C14H25N2O2+. The summed E-state index contributed by atoms with van der Waals surface area (Å²) in [6.45, 7) is 9.42. The molecule has 1 aliphatic heterocycles. The van der Waals surface area contributed by atoms with Gasteiger partial charge < -0.3 is 4.74 Å². The summed E-state index contributed by atoms with van der Waals surface area (Å²) < 4.78 is 5.87. The van der Waals surface area contributed by atoms with Crippen molar-refractivity contribution in [1.82, 2.24) is 4.90 Å². The number of rotatable bonds is 4. The fraction of sp³-hybridized carbons (Fsp3) is 0.571. The SMILES string of the molecule is CC.CCN1CCC(Oc2ccc([NH2+]O)cc2)C1. The number of hydrogen-bond acceptors (Lipinski definition) is 3. The maximum atomic E-state index is 8.81. The Morgan fingerprint density at radius 3 is 2.50 bits per heavy atom. The van der Waals surface area contributed by atoms with Crippen LogP contribution in [-0.2, 0) is 0 Å². The van der Waals surface area contributed by atoms with Crippen molar-refractivity contribution in [3.63, 3.8) is 0 Å². The summed E-state index contributed by atoms with van der Waals surface area (Å²) >= 11 is 0. The van der Waals surface area contributed by atoms with Crippen molar-refractivity contribution < 1.29 is 15.4 Å². The predicted octanol–water partition coefficient (Wildman–Crippen LogP) is 1.77. The summed E-state index contributed by atoms with van der Waals surface area (Å²) in [5, 5.41) is 8.81. The molecule has 102 valence electrons. The topological polar surface area (TPSA) is 49.3 Å². The van der Waals surface area contributed by atoms with Crippen LogP contribution in [-0.4, -0.2) is 35.8 Å². The van der Waals surface area contributed by atoms with Crippen LogP contribution in [0, 0.1) is 0 Å². The Hall–Kier alpha value is -1.10. The van der Waals surface area contributed by atoms with Crippen LogP contribution in [0.3, 0.4) is 0 Å². The first-order valence-corrected chi connectivity index (χ1v) is 6.78. The molecule has 0 saturated carbocycles.